The number of amides is 3. The summed E-state index contributed by atoms with van der Waals surface area (Å²) in [6.45, 7) is 3.03. The van der Waals surface area contributed by atoms with Crippen LogP contribution in [-0.4, -0.2) is 82.8 Å². The number of nitriles is 1. The zero-order valence-electron chi connectivity index (χ0n) is 19.0. The van der Waals surface area contributed by atoms with Crippen LogP contribution in [0.15, 0.2) is 24.3 Å². The van der Waals surface area contributed by atoms with E-state index in [-0.39, 0.29) is 47.9 Å². The molecule has 3 aliphatic heterocycles. The Kier molecular flexibility index (Phi) is 5.38. The Hall–Kier alpha value is -2.96. The molecule has 1 aromatic rings. The molecule has 5 rings (SSSR count). The molecule has 3 heterocycles. The summed E-state index contributed by atoms with van der Waals surface area (Å²) >= 11 is 0. The third-order valence-electron chi connectivity index (χ3n) is 7.87. The van der Waals surface area contributed by atoms with Gasteiger partial charge in [-0.05, 0) is 49.8 Å². The van der Waals surface area contributed by atoms with Gasteiger partial charge in [0.05, 0.1) is 24.2 Å². The lowest BCUT2D eigenvalue weighted by Gasteiger charge is -2.38. The van der Waals surface area contributed by atoms with Crippen LogP contribution in [0.3, 0.4) is 0 Å². The van der Waals surface area contributed by atoms with E-state index < -0.39 is 6.04 Å². The topological polar surface area (TPSA) is 123 Å². The van der Waals surface area contributed by atoms with Gasteiger partial charge in [0, 0.05) is 37.8 Å². The minimum atomic E-state index is -0.726. The number of hydrogen-bond acceptors (Lipinski definition) is 6. The van der Waals surface area contributed by atoms with E-state index in [9.17, 15) is 19.6 Å². The first-order valence-corrected chi connectivity index (χ1v) is 11.7. The summed E-state index contributed by atoms with van der Waals surface area (Å²) in [5, 5.41) is 12.0. The summed E-state index contributed by atoms with van der Waals surface area (Å²) in [6.07, 6.45) is 2.46. The van der Waals surface area contributed by atoms with Gasteiger partial charge in [-0.3, -0.25) is 19.3 Å². The lowest BCUT2D eigenvalue weighted by molar-refractivity contribution is -0.141. The van der Waals surface area contributed by atoms with Gasteiger partial charge in [0.25, 0.3) is 5.91 Å². The molecule has 5 unspecified atom stereocenters. The highest BCUT2D eigenvalue weighted by atomic mass is 16.2. The number of nitrogens with two attached hydrogens (primary N) is 1. The van der Waals surface area contributed by atoms with Crippen molar-refractivity contribution in [2.45, 2.75) is 62.4 Å². The van der Waals surface area contributed by atoms with Crippen molar-refractivity contribution in [1.29, 1.82) is 5.26 Å². The first-order chi connectivity index (χ1) is 15.8. The number of nitrogens with one attached hydrogen (secondary N) is 1. The average Bonchev–Trinajstić information content (AvgIpc) is 3.15. The third-order valence-corrected chi connectivity index (χ3v) is 7.87. The minimum absolute atomic E-state index is 0.0621. The van der Waals surface area contributed by atoms with Crippen molar-refractivity contribution in [1.82, 2.24) is 20.0 Å². The standard InChI is InChI=1S/C24H30N6O3/c1-13(14-3-5-15(6-4-14)22(31)27-2)29-18-9-21(24(29)33)28(11-18)12-19(26)23(32)30-17(10-25)7-16-8-20(16)30/h3-6,13,16-21H,7-9,11-12,26H2,1-2H3,(H,27,31)/t13-,16?,17?,18-,19?,20?,21?/m0/s1. The number of nitrogens with zero attached hydrogens (tertiary/aromatic N) is 4. The van der Waals surface area contributed by atoms with Gasteiger partial charge in [0.2, 0.25) is 11.8 Å². The van der Waals surface area contributed by atoms with E-state index in [2.05, 4.69) is 11.4 Å². The maximum atomic E-state index is 13.2. The molecular formula is C24H30N6O3. The summed E-state index contributed by atoms with van der Waals surface area (Å²) < 4.78 is 0. The van der Waals surface area contributed by atoms with Crippen LogP contribution in [0.25, 0.3) is 0 Å². The van der Waals surface area contributed by atoms with Crippen molar-refractivity contribution >= 4 is 17.7 Å². The van der Waals surface area contributed by atoms with Gasteiger partial charge in [0.1, 0.15) is 6.04 Å². The number of rotatable bonds is 6. The molecule has 0 aromatic heterocycles. The second-order valence-corrected chi connectivity index (χ2v) is 9.78. The normalized spacial score (nSPS) is 31.8. The molecule has 33 heavy (non-hydrogen) atoms. The van der Waals surface area contributed by atoms with E-state index in [1.807, 2.05) is 28.9 Å². The molecule has 1 aliphatic carbocycles. The summed E-state index contributed by atoms with van der Waals surface area (Å²) in [6, 6.07) is 8.38. The first kappa shape index (κ1) is 21.9. The number of fused-ring (bicyclic) bond motifs is 3. The molecule has 9 nitrogen and oxygen atoms in total. The van der Waals surface area contributed by atoms with Crippen molar-refractivity contribution in [2.75, 3.05) is 20.1 Å². The molecule has 1 aromatic carbocycles. The highest BCUT2D eigenvalue weighted by Crippen LogP contribution is 2.48. The maximum Gasteiger partial charge on any atom is 0.251 e. The summed E-state index contributed by atoms with van der Waals surface area (Å²) in [4.78, 5) is 43.7. The molecule has 7 atom stereocenters. The Morgan fingerprint density at radius 3 is 2.61 bits per heavy atom. The first-order valence-electron chi connectivity index (χ1n) is 11.7. The number of carbonyl (C=O) groups excluding carboxylic acids is 3. The quantitative estimate of drug-likeness (QED) is 0.640. The molecule has 2 bridgehead atoms. The van der Waals surface area contributed by atoms with Crippen LogP contribution >= 0.6 is 0 Å². The largest absolute Gasteiger partial charge is 0.355 e. The van der Waals surface area contributed by atoms with Crippen molar-refractivity contribution < 1.29 is 14.4 Å². The maximum absolute atomic E-state index is 13.2. The summed E-state index contributed by atoms with van der Waals surface area (Å²) in [5.41, 5.74) is 7.86. The molecule has 1 saturated carbocycles. The number of piperazine rings is 1. The van der Waals surface area contributed by atoms with Crippen LogP contribution < -0.4 is 11.1 Å². The fourth-order valence-corrected chi connectivity index (χ4v) is 6.03. The second kappa shape index (κ2) is 8.12. The average molecular weight is 451 g/mol. The lowest BCUT2D eigenvalue weighted by Crippen LogP contribution is -2.57. The van der Waals surface area contributed by atoms with Crippen molar-refractivity contribution in [2.24, 2.45) is 11.7 Å². The Balaban J connectivity index is 1.21. The van der Waals surface area contributed by atoms with Gasteiger partial charge in [0.15, 0.2) is 0 Å². The van der Waals surface area contributed by atoms with Gasteiger partial charge in [-0.2, -0.15) is 5.26 Å². The number of hydrogen-bond donors (Lipinski definition) is 2. The zero-order chi connectivity index (χ0) is 23.4. The molecule has 0 radical (unpaired) electrons. The Morgan fingerprint density at radius 2 is 1.97 bits per heavy atom. The molecule has 4 fully saturated rings. The van der Waals surface area contributed by atoms with E-state index in [1.165, 1.54) is 0 Å². The molecular weight excluding hydrogens is 420 g/mol. The van der Waals surface area contributed by atoms with Crippen LogP contribution in [0.2, 0.25) is 0 Å². The smallest absolute Gasteiger partial charge is 0.251 e. The van der Waals surface area contributed by atoms with Crippen molar-refractivity contribution in [3.8, 4) is 6.07 Å². The lowest BCUT2D eigenvalue weighted by atomic mass is 10.0. The van der Waals surface area contributed by atoms with E-state index in [0.717, 1.165) is 24.8 Å². The van der Waals surface area contributed by atoms with Gasteiger partial charge in [-0.25, -0.2) is 0 Å². The molecule has 4 aliphatic rings. The molecule has 174 valence electrons. The summed E-state index contributed by atoms with van der Waals surface area (Å²) in [5.74, 6) is 0.213. The fourth-order valence-electron chi connectivity index (χ4n) is 6.03. The van der Waals surface area contributed by atoms with E-state index in [0.29, 0.717) is 24.6 Å². The van der Waals surface area contributed by atoms with E-state index >= 15 is 0 Å². The van der Waals surface area contributed by atoms with Crippen LogP contribution in [0.1, 0.15) is 48.1 Å². The molecule has 9 heteroatoms. The molecule has 0 spiro atoms. The van der Waals surface area contributed by atoms with Crippen LogP contribution in [-0.2, 0) is 9.59 Å². The molecule has 3 saturated heterocycles. The van der Waals surface area contributed by atoms with Crippen LogP contribution in [0.4, 0.5) is 0 Å². The predicted molar refractivity (Wildman–Crippen MR) is 120 cm³/mol. The fraction of sp³-hybridized carbons (Fsp3) is 0.583. The summed E-state index contributed by atoms with van der Waals surface area (Å²) in [7, 11) is 1.60. The number of benzene rings is 1. The van der Waals surface area contributed by atoms with Crippen molar-refractivity contribution in [3.63, 3.8) is 0 Å². The molecule has 3 N–H and O–H groups in total. The Labute approximate surface area is 193 Å². The van der Waals surface area contributed by atoms with Gasteiger partial charge in [-0.15, -0.1) is 0 Å². The van der Waals surface area contributed by atoms with Crippen LogP contribution in [0, 0.1) is 17.2 Å². The van der Waals surface area contributed by atoms with E-state index in [1.54, 1.807) is 24.1 Å². The SMILES string of the molecule is CNC(=O)c1ccc([C@H](C)N2C(=O)C3C[C@H]2CN3CC(N)C(=O)N2C(C#N)CC3CC32)cc1. The highest BCUT2D eigenvalue weighted by molar-refractivity contribution is 5.94. The third kappa shape index (κ3) is 3.58. The highest BCUT2D eigenvalue weighted by Gasteiger charge is 2.56. The Morgan fingerprint density at radius 1 is 1.24 bits per heavy atom. The molecule has 3 amide bonds. The van der Waals surface area contributed by atoms with Crippen LogP contribution in [0.5, 0.6) is 0 Å². The number of likely N-dealkylation sites (tertiary alicyclic amines) is 3. The number of piperidine rings is 1. The van der Waals surface area contributed by atoms with Gasteiger partial charge < -0.3 is 20.9 Å². The van der Waals surface area contributed by atoms with Gasteiger partial charge >= 0.3 is 0 Å². The van der Waals surface area contributed by atoms with Crippen molar-refractivity contribution in [3.05, 3.63) is 35.4 Å². The van der Waals surface area contributed by atoms with Gasteiger partial charge in [-0.1, -0.05) is 12.1 Å². The monoisotopic (exact) mass is 450 g/mol. The zero-order valence-corrected chi connectivity index (χ0v) is 19.0. The predicted octanol–water partition coefficient (Wildman–Crippen LogP) is 0.233. The second-order valence-electron chi connectivity index (χ2n) is 9.78. The van der Waals surface area contributed by atoms with E-state index in [4.69, 9.17) is 5.73 Å². The minimum Gasteiger partial charge on any atom is -0.355 e. The number of carbonyl (C=O) groups is 3. The Bertz CT molecular complexity index is 1020.